The zero-order chi connectivity index (χ0) is 16.5. The van der Waals surface area contributed by atoms with E-state index in [1.54, 1.807) is 6.07 Å². The fraction of sp³-hybridized carbons (Fsp3) is 0.500. The number of fused-ring (bicyclic) bond motifs is 1. The fourth-order valence-corrected chi connectivity index (χ4v) is 2.60. The molecule has 1 aromatic carbocycles. The Labute approximate surface area is 129 Å². The molecule has 0 saturated heterocycles. The average molecular weight is 307 g/mol. The van der Waals surface area contributed by atoms with E-state index in [-0.39, 0.29) is 47.8 Å². The Morgan fingerprint density at radius 2 is 2.18 bits per heavy atom. The molecule has 0 unspecified atom stereocenters. The summed E-state index contributed by atoms with van der Waals surface area (Å²) >= 11 is 0. The molecule has 1 heterocycles. The molecule has 6 nitrogen and oxygen atoms in total. The van der Waals surface area contributed by atoms with Crippen molar-refractivity contribution < 1.29 is 24.2 Å². The van der Waals surface area contributed by atoms with Gasteiger partial charge >= 0.3 is 0 Å². The van der Waals surface area contributed by atoms with Crippen LogP contribution in [0.15, 0.2) is 12.1 Å². The van der Waals surface area contributed by atoms with Gasteiger partial charge in [-0.2, -0.15) is 0 Å². The maximum atomic E-state index is 12.3. The highest BCUT2D eigenvalue weighted by atomic mass is 16.5. The van der Waals surface area contributed by atoms with Gasteiger partial charge in [0.1, 0.15) is 11.4 Å². The molecule has 120 valence electrons. The van der Waals surface area contributed by atoms with Crippen molar-refractivity contribution in [3.8, 4) is 5.75 Å². The zero-order valence-corrected chi connectivity index (χ0v) is 13.0. The monoisotopic (exact) mass is 307 g/mol. The number of carbonyl (C=O) groups is 2. The first-order valence-electron chi connectivity index (χ1n) is 7.10. The molecule has 6 heteroatoms. The van der Waals surface area contributed by atoms with Crippen molar-refractivity contribution in [2.75, 3.05) is 19.5 Å². The van der Waals surface area contributed by atoms with Crippen LogP contribution in [0.4, 0.5) is 5.69 Å². The first-order valence-corrected chi connectivity index (χ1v) is 7.10. The van der Waals surface area contributed by atoms with Crippen molar-refractivity contribution in [3.05, 3.63) is 23.3 Å². The molecule has 0 saturated carbocycles. The number of aliphatic hydroxyl groups excluding tert-OH is 1. The van der Waals surface area contributed by atoms with Crippen LogP contribution in [-0.2, 0) is 4.74 Å². The SMILES string of the molecule is COC[C@H](O)CC(=O)c1ccc2c(c1N)C(=O)CC(C)(C)O2. The molecule has 3 N–H and O–H groups in total. The Bertz CT molecular complexity index is 609. The van der Waals surface area contributed by atoms with Gasteiger partial charge in [0, 0.05) is 19.1 Å². The van der Waals surface area contributed by atoms with E-state index in [1.807, 2.05) is 13.8 Å². The lowest BCUT2D eigenvalue weighted by atomic mass is 9.89. The molecule has 0 fully saturated rings. The van der Waals surface area contributed by atoms with Crippen LogP contribution in [-0.4, -0.2) is 42.1 Å². The first kappa shape index (κ1) is 16.5. The van der Waals surface area contributed by atoms with Gasteiger partial charge in [0.25, 0.3) is 0 Å². The van der Waals surface area contributed by atoms with Gasteiger partial charge in [0.05, 0.1) is 30.4 Å². The second-order valence-electron chi connectivity index (χ2n) is 6.10. The van der Waals surface area contributed by atoms with Crippen LogP contribution in [0.2, 0.25) is 0 Å². The number of nitrogen functional groups attached to an aromatic ring is 1. The van der Waals surface area contributed by atoms with Crippen LogP contribution in [0.25, 0.3) is 0 Å². The lowest BCUT2D eigenvalue weighted by molar-refractivity contribution is 0.0536. The maximum Gasteiger partial charge on any atom is 0.172 e. The third-order valence-electron chi connectivity index (χ3n) is 3.54. The molecule has 22 heavy (non-hydrogen) atoms. The van der Waals surface area contributed by atoms with Gasteiger partial charge in [-0.25, -0.2) is 0 Å². The van der Waals surface area contributed by atoms with E-state index in [4.69, 9.17) is 15.2 Å². The molecule has 0 spiro atoms. The molecule has 0 aromatic heterocycles. The van der Waals surface area contributed by atoms with E-state index in [2.05, 4.69) is 0 Å². The molecular weight excluding hydrogens is 286 g/mol. The number of aliphatic hydroxyl groups is 1. The zero-order valence-electron chi connectivity index (χ0n) is 13.0. The number of benzene rings is 1. The number of rotatable bonds is 5. The van der Waals surface area contributed by atoms with E-state index in [9.17, 15) is 14.7 Å². The van der Waals surface area contributed by atoms with Gasteiger partial charge in [-0.1, -0.05) is 0 Å². The van der Waals surface area contributed by atoms with Crippen LogP contribution < -0.4 is 10.5 Å². The summed E-state index contributed by atoms with van der Waals surface area (Å²) < 4.78 is 10.5. The lowest BCUT2D eigenvalue weighted by Crippen LogP contribution is -2.36. The van der Waals surface area contributed by atoms with Crippen LogP contribution in [0.5, 0.6) is 5.75 Å². The molecule has 1 aliphatic heterocycles. The highest BCUT2D eigenvalue weighted by Crippen LogP contribution is 2.38. The number of methoxy groups -OCH3 is 1. The maximum absolute atomic E-state index is 12.3. The minimum Gasteiger partial charge on any atom is -0.487 e. The summed E-state index contributed by atoms with van der Waals surface area (Å²) in [5.74, 6) is -0.0777. The van der Waals surface area contributed by atoms with Crippen molar-refractivity contribution in [2.24, 2.45) is 0 Å². The predicted octanol–water partition coefficient (Wildman–Crippen LogP) is 1.59. The van der Waals surface area contributed by atoms with Gasteiger partial charge < -0.3 is 20.3 Å². The van der Waals surface area contributed by atoms with Crippen LogP contribution in [0.3, 0.4) is 0 Å². The molecule has 0 radical (unpaired) electrons. The summed E-state index contributed by atoms with van der Waals surface area (Å²) in [6, 6.07) is 3.12. The van der Waals surface area contributed by atoms with E-state index >= 15 is 0 Å². The molecule has 0 amide bonds. The summed E-state index contributed by atoms with van der Waals surface area (Å²) in [6.07, 6.45) is -0.815. The molecule has 0 aliphatic carbocycles. The standard InChI is InChI=1S/C16H21NO5/c1-16(2)7-12(20)14-13(22-16)5-4-10(15(14)17)11(19)6-9(18)8-21-3/h4-5,9,18H,6-8,17H2,1-3H3/t9-/m1/s1. The fourth-order valence-electron chi connectivity index (χ4n) is 2.60. The summed E-state index contributed by atoms with van der Waals surface area (Å²) in [4.78, 5) is 24.5. The number of ketones is 2. The number of Topliss-reactive ketones (excluding diaryl/α,β-unsaturated/α-hetero) is 2. The first-order chi connectivity index (χ1) is 10.2. The van der Waals surface area contributed by atoms with Crippen LogP contribution in [0.1, 0.15) is 47.4 Å². The Morgan fingerprint density at radius 1 is 1.50 bits per heavy atom. The van der Waals surface area contributed by atoms with Crippen molar-refractivity contribution in [1.29, 1.82) is 0 Å². The van der Waals surface area contributed by atoms with Gasteiger partial charge in [-0.15, -0.1) is 0 Å². The number of hydrogen-bond acceptors (Lipinski definition) is 6. The lowest BCUT2D eigenvalue weighted by Gasteiger charge is -2.32. The normalized spacial score (nSPS) is 17.5. The second kappa shape index (κ2) is 6.06. The Morgan fingerprint density at radius 3 is 2.82 bits per heavy atom. The largest absolute Gasteiger partial charge is 0.487 e. The molecule has 1 aromatic rings. The van der Waals surface area contributed by atoms with Crippen LogP contribution >= 0.6 is 0 Å². The number of carbonyl (C=O) groups excluding carboxylic acids is 2. The molecule has 0 bridgehead atoms. The van der Waals surface area contributed by atoms with Crippen molar-refractivity contribution in [2.45, 2.75) is 38.4 Å². The van der Waals surface area contributed by atoms with E-state index in [1.165, 1.54) is 13.2 Å². The molecule has 1 aliphatic rings. The predicted molar refractivity (Wildman–Crippen MR) is 81.3 cm³/mol. The molecule has 1 atom stereocenters. The quantitative estimate of drug-likeness (QED) is 0.633. The minimum absolute atomic E-state index is 0.0623. The van der Waals surface area contributed by atoms with Crippen LogP contribution in [0, 0.1) is 0 Å². The number of nitrogens with two attached hydrogens (primary N) is 1. The van der Waals surface area contributed by atoms with E-state index in [0.29, 0.717) is 5.75 Å². The Balaban J connectivity index is 2.32. The summed E-state index contributed by atoms with van der Waals surface area (Å²) in [6.45, 7) is 3.71. The Hall–Kier alpha value is -1.92. The second-order valence-corrected chi connectivity index (χ2v) is 6.10. The van der Waals surface area contributed by atoms with Crippen molar-refractivity contribution in [3.63, 3.8) is 0 Å². The highest BCUT2D eigenvalue weighted by Gasteiger charge is 2.35. The Kier molecular flexibility index (Phi) is 4.53. The molecule has 2 rings (SSSR count). The topological polar surface area (TPSA) is 98.9 Å². The van der Waals surface area contributed by atoms with Gasteiger partial charge in [0.2, 0.25) is 0 Å². The van der Waals surface area contributed by atoms with Crippen molar-refractivity contribution in [1.82, 2.24) is 0 Å². The summed E-state index contributed by atoms with van der Waals surface area (Å²) in [5.41, 5.74) is 6.01. The van der Waals surface area contributed by atoms with Gasteiger partial charge in [-0.3, -0.25) is 9.59 Å². The average Bonchev–Trinajstić information content (AvgIpc) is 2.36. The van der Waals surface area contributed by atoms with Gasteiger partial charge in [0.15, 0.2) is 11.6 Å². The minimum atomic E-state index is -0.904. The third kappa shape index (κ3) is 3.28. The summed E-state index contributed by atoms with van der Waals surface area (Å²) in [7, 11) is 1.44. The van der Waals surface area contributed by atoms with Gasteiger partial charge in [-0.05, 0) is 26.0 Å². The number of anilines is 1. The van der Waals surface area contributed by atoms with E-state index in [0.717, 1.165) is 0 Å². The summed E-state index contributed by atoms with van der Waals surface area (Å²) in [5, 5.41) is 9.65. The number of hydrogen-bond donors (Lipinski definition) is 2. The third-order valence-corrected chi connectivity index (χ3v) is 3.54. The van der Waals surface area contributed by atoms with Crippen molar-refractivity contribution >= 4 is 17.3 Å². The number of ether oxygens (including phenoxy) is 2. The smallest absolute Gasteiger partial charge is 0.172 e. The molecular formula is C16H21NO5. The van der Waals surface area contributed by atoms with E-state index < -0.39 is 11.7 Å². The highest BCUT2D eigenvalue weighted by molar-refractivity contribution is 6.11.